The fourth-order valence-corrected chi connectivity index (χ4v) is 1.75. The maximum atomic E-state index is 12.8. The average molecular weight is 366 g/mol. The molecule has 1 aromatic carbocycles. The molecule has 9 nitrogen and oxygen atoms in total. The van der Waals surface area contributed by atoms with E-state index in [9.17, 15) is 9.18 Å². The highest BCUT2D eigenvalue weighted by Gasteiger charge is 2.07. The van der Waals surface area contributed by atoms with Gasteiger partial charge in [0.1, 0.15) is 17.5 Å². The summed E-state index contributed by atoms with van der Waals surface area (Å²) in [5, 5.41) is 19.5. The number of carbonyl (C=O) groups is 2. The first-order chi connectivity index (χ1) is 12.3. The normalized spacial score (nSPS) is 9.46. The van der Waals surface area contributed by atoms with Crippen molar-refractivity contribution in [3.63, 3.8) is 0 Å². The van der Waals surface area contributed by atoms with Crippen LogP contribution < -0.4 is 16.4 Å². The van der Waals surface area contributed by atoms with Gasteiger partial charge in [0.2, 0.25) is 0 Å². The lowest BCUT2D eigenvalue weighted by Gasteiger charge is -2.10. The van der Waals surface area contributed by atoms with Crippen molar-refractivity contribution in [3.05, 3.63) is 47.8 Å². The largest absolute Gasteiger partial charge is 0.503 e. The van der Waals surface area contributed by atoms with Gasteiger partial charge >= 0.3 is 12.2 Å². The Labute approximate surface area is 148 Å². The van der Waals surface area contributed by atoms with Gasteiger partial charge in [-0.1, -0.05) is 12.1 Å². The maximum absolute atomic E-state index is 12.8. The quantitative estimate of drug-likeness (QED) is 0.542. The number of rotatable bonds is 5. The number of hydrogen-bond donors (Lipinski definition) is 5. The Hall–Kier alpha value is -3.56. The number of nitrogens with two attached hydrogens (primary N) is 1. The second-order valence-electron chi connectivity index (χ2n) is 4.74. The van der Waals surface area contributed by atoms with Crippen molar-refractivity contribution in [1.82, 2.24) is 4.98 Å². The van der Waals surface area contributed by atoms with Crippen molar-refractivity contribution < 1.29 is 28.9 Å². The Balaban J connectivity index is 0.000000765. The topological polar surface area (TPSA) is 147 Å². The summed E-state index contributed by atoms with van der Waals surface area (Å²) in [6, 6.07) is 9.47. The fourth-order valence-electron chi connectivity index (χ4n) is 1.75. The van der Waals surface area contributed by atoms with Gasteiger partial charge in [-0.05, 0) is 36.8 Å². The molecule has 6 N–H and O–H groups in total. The zero-order chi connectivity index (χ0) is 19.5. The predicted octanol–water partition coefficient (Wildman–Crippen LogP) is 3.21. The van der Waals surface area contributed by atoms with E-state index in [1.54, 1.807) is 31.2 Å². The van der Waals surface area contributed by atoms with Crippen LogP contribution in [0, 0.1) is 5.82 Å². The molecule has 0 atom stereocenters. The van der Waals surface area contributed by atoms with Gasteiger partial charge in [-0.3, -0.25) is 5.32 Å². The van der Waals surface area contributed by atoms with Gasteiger partial charge in [0, 0.05) is 6.54 Å². The number of pyridine rings is 1. The molecule has 10 heteroatoms. The molecule has 0 aliphatic carbocycles. The second kappa shape index (κ2) is 10.3. The van der Waals surface area contributed by atoms with Gasteiger partial charge in [-0.2, -0.15) is 0 Å². The van der Waals surface area contributed by atoms with Crippen LogP contribution in [0.25, 0.3) is 0 Å². The number of carbonyl (C=O) groups excluding carboxylic acids is 1. The summed E-state index contributed by atoms with van der Waals surface area (Å²) in [6.07, 6.45) is -2.41. The number of hydrogen-bond acceptors (Lipinski definition) is 6. The molecule has 2 aromatic rings. The summed E-state index contributed by atoms with van der Waals surface area (Å²) in [4.78, 5) is 24.0. The van der Waals surface area contributed by atoms with Gasteiger partial charge < -0.3 is 26.0 Å². The molecule has 140 valence electrons. The number of nitrogens with one attached hydrogen (secondary N) is 2. The summed E-state index contributed by atoms with van der Waals surface area (Å²) in [7, 11) is 0. The number of ether oxygens (including phenoxy) is 1. The van der Waals surface area contributed by atoms with Crippen LogP contribution in [0.15, 0.2) is 36.4 Å². The van der Waals surface area contributed by atoms with Crippen LogP contribution in [0.1, 0.15) is 12.5 Å². The molecule has 1 heterocycles. The zero-order valence-electron chi connectivity index (χ0n) is 13.9. The average Bonchev–Trinajstić information content (AvgIpc) is 2.56. The van der Waals surface area contributed by atoms with Crippen molar-refractivity contribution in [3.8, 4) is 0 Å². The predicted molar refractivity (Wildman–Crippen MR) is 93.7 cm³/mol. The lowest BCUT2D eigenvalue weighted by molar-refractivity contribution is 0.137. The molecule has 0 saturated carbocycles. The monoisotopic (exact) mass is 366 g/mol. The molecule has 0 spiro atoms. The van der Waals surface area contributed by atoms with E-state index in [1.165, 1.54) is 12.1 Å². The minimum atomic E-state index is -1.83. The molecule has 0 saturated heterocycles. The number of halogens is 1. The molecular formula is C16H19FN4O5. The van der Waals surface area contributed by atoms with Crippen LogP contribution in [-0.4, -0.2) is 34.1 Å². The maximum Gasteiger partial charge on any atom is 0.503 e. The third-order valence-corrected chi connectivity index (χ3v) is 2.82. The molecule has 26 heavy (non-hydrogen) atoms. The molecule has 0 bridgehead atoms. The Morgan fingerprint density at radius 1 is 1.19 bits per heavy atom. The summed E-state index contributed by atoms with van der Waals surface area (Å²) in [5.74, 6) is 0.453. The van der Waals surface area contributed by atoms with Crippen LogP contribution in [0.4, 0.5) is 31.3 Å². The summed E-state index contributed by atoms with van der Waals surface area (Å²) in [5.41, 5.74) is 7.08. The number of aromatic nitrogens is 1. The van der Waals surface area contributed by atoms with Crippen LogP contribution in [0.2, 0.25) is 0 Å². The highest BCUT2D eigenvalue weighted by molar-refractivity contribution is 5.88. The molecule has 0 radical (unpaired) electrons. The third-order valence-electron chi connectivity index (χ3n) is 2.82. The molecule has 1 aromatic heterocycles. The lowest BCUT2D eigenvalue weighted by atomic mass is 10.2. The van der Waals surface area contributed by atoms with E-state index in [4.69, 9.17) is 25.5 Å². The van der Waals surface area contributed by atoms with Gasteiger partial charge in [0.25, 0.3) is 0 Å². The Bertz CT molecular complexity index is 736. The number of benzene rings is 1. The van der Waals surface area contributed by atoms with Crippen LogP contribution >= 0.6 is 0 Å². The zero-order valence-corrected chi connectivity index (χ0v) is 13.9. The molecule has 0 aliphatic heterocycles. The Kier molecular flexibility index (Phi) is 8.14. The first-order valence-corrected chi connectivity index (χ1v) is 7.42. The smallest absolute Gasteiger partial charge is 0.450 e. The number of nitrogen functional groups attached to an aromatic ring is 1. The number of anilines is 3. The molecular weight excluding hydrogens is 347 g/mol. The number of amides is 1. The van der Waals surface area contributed by atoms with Gasteiger partial charge in [0.15, 0.2) is 0 Å². The fraction of sp³-hybridized carbons (Fsp3) is 0.188. The van der Waals surface area contributed by atoms with E-state index in [0.717, 1.165) is 5.56 Å². The Morgan fingerprint density at radius 3 is 2.35 bits per heavy atom. The van der Waals surface area contributed by atoms with Crippen LogP contribution in [0.5, 0.6) is 0 Å². The van der Waals surface area contributed by atoms with Gasteiger partial charge in [-0.15, -0.1) is 0 Å². The van der Waals surface area contributed by atoms with Crippen molar-refractivity contribution in [2.45, 2.75) is 13.5 Å². The van der Waals surface area contributed by atoms with E-state index < -0.39 is 12.2 Å². The van der Waals surface area contributed by atoms with Crippen LogP contribution in [-0.2, 0) is 11.3 Å². The van der Waals surface area contributed by atoms with Crippen molar-refractivity contribution in [1.29, 1.82) is 0 Å². The first-order valence-electron chi connectivity index (χ1n) is 7.42. The van der Waals surface area contributed by atoms with Crippen molar-refractivity contribution >= 4 is 29.6 Å². The highest BCUT2D eigenvalue weighted by atomic mass is 19.1. The minimum Gasteiger partial charge on any atom is -0.450 e. The first kappa shape index (κ1) is 20.5. The van der Waals surface area contributed by atoms with Crippen LogP contribution in [0.3, 0.4) is 0 Å². The van der Waals surface area contributed by atoms with Crippen molar-refractivity contribution in [2.75, 3.05) is 23.0 Å². The lowest BCUT2D eigenvalue weighted by Crippen LogP contribution is -2.15. The molecule has 0 fully saturated rings. The van der Waals surface area contributed by atoms with E-state index in [-0.39, 0.29) is 18.2 Å². The van der Waals surface area contributed by atoms with E-state index in [0.29, 0.717) is 18.1 Å². The van der Waals surface area contributed by atoms with Gasteiger partial charge in [0.05, 0.1) is 12.3 Å². The summed E-state index contributed by atoms with van der Waals surface area (Å²) < 4.78 is 17.6. The van der Waals surface area contributed by atoms with Gasteiger partial charge in [-0.25, -0.2) is 19.0 Å². The molecule has 1 amide bonds. The highest BCUT2D eigenvalue weighted by Crippen LogP contribution is 2.19. The van der Waals surface area contributed by atoms with E-state index in [1.807, 2.05) is 0 Å². The summed E-state index contributed by atoms with van der Waals surface area (Å²) in [6.45, 7) is 2.47. The molecule has 2 rings (SSSR count). The SMILES string of the molecule is CCOC(=O)Nc1ccc(NCc2ccc(F)cc2)nc1N.O=C(O)O. The minimum absolute atomic E-state index is 0.178. The molecule has 0 aliphatic rings. The summed E-state index contributed by atoms with van der Waals surface area (Å²) >= 11 is 0. The Morgan fingerprint density at radius 2 is 1.81 bits per heavy atom. The molecule has 0 unspecified atom stereocenters. The third kappa shape index (κ3) is 7.81. The van der Waals surface area contributed by atoms with E-state index >= 15 is 0 Å². The standard InChI is InChI=1S/C15H17FN4O2.CH2O3/c1-2-22-15(21)19-12-7-8-13(20-14(12)17)18-9-10-3-5-11(16)6-4-10;2-1(3)4/h3-8H,2,9H2,1H3,(H,19,21)(H3,17,18,20);(H2,2,3,4). The van der Waals surface area contributed by atoms with Crippen molar-refractivity contribution in [2.24, 2.45) is 0 Å². The second-order valence-corrected chi connectivity index (χ2v) is 4.74. The number of nitrogens with zero attached hydrogens (tertiary/aromatic N) is 1. The number of carboxylic acid groups (broad SMARTS) is 2. The van der Waals surface area contributed by atoms with E-state index in [2.05, 4.69) is 15.6 Å².